The first-order valence-corrected chi connectivity index (χ1v) is 23.5. The summed E-state index contributed by atoms with van der Waals surface area (Å²) in [5, 5.41) is 59.2. The summed E-state index contributed by atoms with van der Waals surface area (Å²) in [5.74, 6) is -9.40. The number of aliphatic hydroxyl groups excluding tert-OH is 3. The minimum atomic E-state index is -1.71. The molecule has 70 heavy (non-hydrogen) atoms. The molecule has 8 amide bonds. The van der Waals surface area contributed by atoms with E-state index in [1.807, 2.05) is 13.8 Å². The van der Waals surface area contributed by atoms with Gasteiger partial charge < -0.3 is 80.2 Å². The Kier molecular flexibility index (Phi) is 28.2. The van der Waals surface area contributed by atoms with E-state index in [0.717, 1.165) is 0 Å². The number of thiol groups is 1. The predicted molar refractivity (Wildman–Crippen MR) is 260 cm³/mol. The van der Waals surface area contributed by atoms with Gasteiger partial charge in [0, 0.05) is 25.3 Å². The highest BCUT2D eigenvalue weighted by Gasteiger charge is 2.36. The average molecular weight is 1010 g/mol. The summed E-state index contributed by atoms with van der Waals surface area (Å²) in [7, 11) is 0. The SMILES string of the molecule is CC(C)CC(N)C(=O)NC(CO)C(=O)NC(C(=O)NC(CC(C)C)C(=O)NC(CCCN=C(N)N)C(=O)NC(CCO)C(=O)NC(Cc1ccccc1)C(=O)NC(CS)C(=O)NC(C)C(=O)O)C(C)O. The largest absolute Gasteiger partial charge is 0.480 e. The number of aliphatic hydroxyl groups is 3. The predicted octanol–water partition coefficient (Wildman–Crippen LogP) is -4.63. The molecule has 1 aromatic carbocycles. The molecule has 0 aliphatic heterocycles. The summed E-state index contributed by atoms with van der Waals surface area (Å²) in [4.78, 5) is 123. The fraction of sp³-hybridized carbons (Fsp3) is 0.636. The van der Waals surface area contributed by atoms with Gasteiger partial charge >= 0.3 is 5.97 Å². The first-order chi connectivity index (χ1) is 32.8. The van der Waals surface area contributed by atoms with E-state index < -0.39 is 127 Å². The fourth-order valence-electron chi connectivity index (χ4n) is 6.60. The van der Waals surface area contributed by atoms with E-state index in [1.165, 1.54) is 13.8 Å². The lowest BCUT2D eigenvalue weighted by molar-refractivity contribution is -0.141. The molecular weight excluding hydrogens is 937 g/mol. The van der Waals surface area contributed by atoms with Gasteiger partial charge in [-0.25, -0.2) is 0 Å². The first kappa shape index (κ1) is 61.9. The van der Waals surface area contributed by atoms with Crippen LogP contribution in [0.3, 0.4) is 0 Å². The molecule has 394 valence electrons. The van der Waals surface area contributed by atoms with Crippen molar-refractivity contribution in [2.24, 2.45) is 34.0 Å². The van der Waals surface area contributed by atoms with Gasteiger partial charge in [0.2, 0.25) is 47.3 Å². The van der Waals surface area contributed by atoms with E-state index in [2.05, 4.69) is 60.2 Å². The fourth-order valence-corrected chi connectivity index (χ4v) is 6.86. The summed E-state index contributed by atoms with van der Waals surface area (Å²) in [6, 6.07) is -4.25. The Balaban J connectivity index is 3.45. The number of aliphatic imine (C=N–C) groups is 1. The van der Waals surface area contributed by atoms with Crippen LogP contribution >= 0.6 is 12.6 Å². The number of carbonyl (C=O) groups excluding carboxylic acids is 8. The Labute approximate surface area is 412 Å². The molecule has 0 fully saturated rings. The molecule has 0 saturated carbocycles. The van der Waals surface area contributed by atoms with Crippen LogP contribution < -0.4 is 59.7 Å². The van der Waals surface area contributed by atoms with Crippen molar-refractivity contribution in [3.05, 3.63) is 35.9 Å². The second-order valence-corrected chi connectivity index (χ2v) is 17.9. The Hall–Kier alpha value is -6.09. The second-order valence-electron chi connectivity index (χ2n) is 17.5. The number of rotatable bonds is 32. The topological polar surface area (TPSA) is 421 Å². The normalized spacial score (nSPS) is 15.4. The van der Waals surface area contributed by atoms with Crippen LogP contribution in [-0.4, -0.2) is 166 Å². The zero-order chi connectivity index (χ0) is 53.2. The molecule has 0 aliphatic carbocycles. The standard InChI is InChI=1S/C44H74N12O13S/c1-22(2)17-27(45)35(60)54-32(20-58)40(65)56-34(25(6)59)42(67)53-30(18-23(3)4)38(63)50-28(13-10-15-48-44(46)47)36(61)51-29(14-16-57)37(62)52-31(19-26-11-8-7-9-12-26)39(64)55-33(21-70)41(66)49-24(5)43(68)69/h7-9,11-12,22-25,27-34,57-59,70H,10,13-21,45H2,1-6H3,(H,49,66)(H,50,63)(H,51,61)(H,52,62)(H,53,67)(H,54,60)(H,55,64)(H,56,65)(H,68,69)(H4,46,47,48). The number of amides is 8. The summed E-state index contributed by atoms with van der Waals surface area (Å²) in [6.07, 6.45) is -1.87. The molecule has 0 spiro atoms. The third-order valence-corrected chi connectivity index (χ3v) is 10.7. The van der Waals surface area contributed by atoms with E-state index in [9.17, 15) is 63.6 Å². The van der Waals surface area contributed by atoms with Crippen molar-refractivity contribution < 1.29 is 63.6 Å². The molecule has 10 unspecified atom stereocenters. The van der Waals surface area contributed by atoms with Gasteiger partial charge in [0.15, 0.2) is 5.96 Å². The Morgan fingerprint density at radius 1 is 0.600 bits per heavy atom. The molecule has 18 N–H and O–H groups in total. The number of guanidine groups is 1. The van der Waals surface area contributed by atoms with Gasteiger partial charge in [-0.2, -0.15) is 12.6 Å². The number of nitrogens with one attached hydrogen (secondary N) is 8. The number of hydrogen-bond donors (Lipinski definition) is 16. The Morgan fingerprint density at radius 2 is 1.07 bits per heavy atom. The average Bonchev–Trinajstić information content (AvgIpc) is 3.28. The van der Waals surface area contributed by atoms with Gasteiger partial charge in [-0.3, -0.25) is 48.1 Å². The van der Waals surface area contributed by atoms with Crippen LogP contribution in [0, 0.1) is 11.8 Å². The first-order valence-electron chi connectivity index (χ1n) is 22.9. The van der Waals surface area contributed by atoms with Gasteiger partial charge in [0.1, 0.15) is 48.3 Å². The van der Waals surface area contributed by atoms with E-state index in [1.54, 1.807) is 44.2 Å². The lowest BCUT2D eigenvalue weighted by Crippen LogP contribution is -2.62. The van der Waals surface area contributed by atoms with Gasteiger partial charge in [0.25, 0.3) is 0 Å². The summed E-state index contributed by atoms with van der Waals surface area (Å²) in [6.45, 7) is 8.01. The molecular formula is C44H74N12O13S. The lowest BCUT2D eigenvalue weighted by Gasteiger charge is -2.29. The molecule has 26 heteroatoms. The Bertz CT molecular complexity index is 1920. The number of carbonyl (C=O) groups is 9. The van der Waals surface area contributed by atoms with Gasteiger partial charge in [-0.05, 0) is 63.4 Å². The number of benzene rings is 1. The van der Waals surface area contributed by atoms with Gasteiger partial charge in [-0.15, -0.1) is 0 Å². The summed E-state index contributed by atoms with van der Waals surface area (Å²) < 4.78 is 0. The molecule has 25 nitrogen and oxygen atoms in total. The van der Waals surface area contributed by atoms with Crippen LogP contribution in [0.5, 0.6) is 0 Å². The molecule has 0 aliphatic rings. The van der Waals surface area contributed by atoms with Crippen LogP contribution in [-0.2, 0) is 49.6 Å². The number of nitrogens with zero attached hydrogens (tertiary/aromatic N) is 1. The minimum Gasteiger partial charge on any atom is -0.480 e. The highest BCUT2D eigenvalue weighted by Crippen LogP contribution is 2.11. The van der Waals surface area contributed by atoms with Crippen molar-refractivity contribution in [2.45, 2.75) is 141 Å². The molecule has 10 atom stereocenters. The third kappa shape index (κ3) is 23.0. The molecule has 0 radical (unpaired) electrons. The van der Waals surface area contributed by atoms with E-state index in [4.69, 9.17) is 17.2 Å². The maximum absolute atomic E-state index is 14.1. The van der Waals surface area contributed by atoms with Crippen molar-refractivity contribution in [1.29, 1.82) is 0 Å². The second kappa shape index (κ2) is 31.9. The van der Waals surface area contributed by atoms with Crippen molar-refractivity contribution in [3.63, 3.8) is 0 Å². The highest BCUT2D eigenvalue weighted by molar-refractivity contribution is 7.80. The molecule has 0 heterocycles. The third-order valence-electron chi connectivity index (χ3n) is 10.4. The van der Waals surface area contributed by atoms with Crippen LogP contribution in [0.15, 0.2) is 35.3 Å². The number of carboxylic acids is 1. The van der Waals surface area contributed by atoms with Crippen LogP contribution in [0.2, 0.25) is 0 Å². The van der Waals surface area contributed by atoms with Gasteiger partial charge in [0.05, 0.1) is 18.8 Å². The molecule has 1 rings (SSSR count). The summed E-state index contributed by atoms with van der Waals surface area (Å²) in [5.41, 5.74) is 17.4. The van der Waals surface area contributed by atoms with E-state index >= 15 is 0 Å². The number of nitrogens with two attached hydrogens (primary N) is 3. The smallest absolute Gasteiger partial charge is 0.325 e. The zero-order valence-corrected chi connectivity index (χ0v) is 41.4. The minimum absolute atomic E-state index is 0.000212. The summed E-state index contributed by atoms with van der Waals surface area (Å²) >= 11 is 4.12. The van der Waals surface area contributed by atoms with Crippen molar-refractivity contribution in [2.75, 3.05) is 25.5 Å². The maximum Gasteiger partial charge on any atom is 0.325 e. The lowest BCUT2D eigenvalue weighted by atomic mass is 10.0. The van der Waals surface area contributed by atoms with Crippen molar-refractivity contribution >= 4 is 71.8 Å². The van der Waals surface area contributed by atoms with Gasteiger partial charge in [-0.1, -0.05) is 58.0 Å². The molecule has 0 saturated heterocycles. The quantitative estimate of drug-likeness (QED) is 0.0140. The highest BCUT2D eigenvalue weighted by atomic mass is 32.1. The van der Waals surface area contributed by atoms with E-state index in [0.29, 0.717) is 5.56 Å². The number of aliphatic carboxylic acids is 1. The van der Waals surface area contributed by atoms with Crippen LogP contribution in [0.1, 0.15) is 79.2 Å². The molecule has 0 aromatic heterocycles. The van der Waals surface area contributed by atoms with Crippen LogP contribution in [0.4, 0.5) is 0 Å². The monoisotopic (exact) mass is 1010 g/mol. The van der Waals surface area contributed by atoms with Crippen LogP contribution in [0.25, 0.3) is 0 Å². The van der Waals surface area contributed by atoms with E-state index in [-0.39, 0.29) is 68.6 Å². The number of carboxylic acid groups (broad SMARTS) is 1. The number of hydrogen-bond acceptors (Lipinski definition) is 15. The van der Waals surface area contributed by atoms with Crippen molar-refractivity contribution in [3.8, 4) is 0 Å². The molecule has 0 bridgehead atoms. The zero-order valence-electron chi connectivity index (χ0n) is 40.5. The Morgan fingerprint density at radius 3 is 1.57 bits per heavy atom. The maximum atomic E-state index is 14.1. The van der Waals surface area contributed by atoms with Crippen molar-refractivity contribution in [1.82, 2.24) is 42.5 Å². The molecule has 1 aromatic rings.